The van der Waals surface area contributed by atoms with Crippen molar-refractivity contribution in [3.8, 4) is 0 Å². The molecule has 2 N–H and O–H groups in total. The molecule has 0 bridgehead atoms. The maximum Gasteiger partial charge on any atom is 0.125 e. The number of likely N-dealkylation sites (tertiary alicyclic amines) is 1. The van der Waals surface area contributed by atoms with E-state index in [1.54, 1.807) is 12.1 Å². The van der Waals surface area contributed by atoms with Gasteiger partial charge in [0, 0.05) is 31.4 Å². The van der Waals surface area contributed by atoms with E-state index in [1.165, 1.54) is 25.5 Å². The summed E-state index contributed by atoms with van der Waals surface area (Å²) in [5.74, 6) is 0.522. The average molecular weight is 263 g/mol. The molecule has 3 rings (SSSR count). The quantitative estimate of drug-likeness (QED) is 0.900. The molecule has 1 aromatic carbocycles. The Balaban J connectivity index is 1.61. The molecule has 0 amide bonds. The average Bonchev–Trinajstić information content (AvgIpc) is 3.07. The van der Waals surface area contributed by atoms with Crippen LogP contribution in [0.25, 0.3) is 0 Å². The van der Waals surface area contributed by atoms with Crippen molar-refractivity contribution in [1.82, 2.24) is 4.90 Å². The first-order valence-electron chi connectivity index (χ1n) is 7.21. The molecule has 19 heavy (non-hydrogen) atoms. The van der Waals surface area contributed by atoms with Gasteiger partial charge in [-0.2, -0.15) is 0 Å². The molecule has 3 nitrogen and oxygen atoms in total. The Hall–Kier alpha value is -1.13. The van der Waals surface area contributed by atoms with Crippen molar-refractivity contribution in [3.63, 3.8) is 0 Å². The fourth-order valence-corrected chi connectivity index (χ4v) is 3.33. The number of hydrogen-bond acceptors (Lipinski definition) is 3. The molecule has 2 unspecified atom stereocenters. The van der Waals surface area contributed by atoms with Crippen molar-refractivity contribution in [2.45, 2.75) is 18.9 Å². The number of halogens is 1. The Labute approximate surface area is 114 Å². The van der Waals surface area contributed by atoms with Crippen LogP contribution in [-0.4, -0.2) is 43.7 Å². The second-order valence-corrected chi connectivity index (χ2v) is 5.75. The monoisotopic (exact) mass is 263 g/mol. The third kappa shape index (κ3) is 2.74. The number of hydrogen-bond donors (Lipinski definition) is 1. The summed E-state index contributed by atoms with van der Waals surface area (Å²) in [6, 6.07) is 7.54. The van der Waals surface area contributed by atoms with E-state index in [1.807, 2.05) is 6.07 Å². The van der Waals surface area contributed by atoms with E-state index in [0.717, 1.165) is 31.9 Å². The SMILES string of the molecule is NCC1CCN(C2CCN(c3cccc(F)c3)C2)C1. The summed E-state index contributed by atoms with van der Waals surface area (Å²) in [6.07, 6.45) is 2.40. The largest absolute Gasteiger partial charge is 0.370 e. The van der Waals surface area contributed by atoms with Gasteiger partial charge in [-0.1, -0.05) is 6.07 Å². The molecule has 2 heterocycles. The highest BCUT2D eigenvalue weighted by molar-refractivity contribution is 5.47. The van der Waals surface area contributed by atoms with Gasteiger partial charge < -0.3 is 10.6 Å². The molecule has 4 heteroatoms. The van der Waals surface area contributed by atoms with Gasteiger partial charge in [-0.05, 0) is 50.0 Å². The second-order valence-electron chi connectivity index (χ2n) is 5.75. The molecule has 2 aliphatic heterocycles. The van der Waals surface area contributed by atoms with Crippen LogP contribution in [-0.2, 0) is 0 Å². The van der Waals surface area contributed by atoms with Gasteiger partial charge in [0.1, 0.15) is 5.82 Å². The van der Waals surface area contributed by atoms with E-state index >= 15 is 0 Å². The lowest BCUT2D eigenvalue weighted by atomic mass is 10.1. The smallest absolute Gasteiger partial charge is 0.125 e. The van der Waals surface area contributed by atoms with E-state index in [4.69, 9.17) is 5.73 Å². The van der Waals surface area contributed by atoms with Gasteiger partial charge in [0.25, 0.3) is 0 Å². The normalized spacial score (nSPS) is 28.2. The van der Waals surface area contributed by atoms with Crippen molar-refractivity contribution < 1.29 is 4.39 Å². The van der Waals surface area contributed by atoms with Crippen LogP contribution in [0.4, 0.5) is 10.1 Å². The van der Waals surface area contributed by atoms with Crippen molar-refractivity contribution in [2.24, 2.45) is 11.7 Å². The summed E-state index contributed by atoms with van der Waals surface area (Å²) in [6.45, 7) is 5.15. The first kappa shape index (κ1) is 12.9. The highest BCUT2D eigenvalue weighted by Crippen LogP contribution is 2.27. The number of nitrogens with two attached hydrogens (primary N) is 1. The number of nitrogens with zero attached hydrogens (tertiary/aromatic N) is 2. The fraction of sp³-hybridized carbons (Fsp3) is 0.600. The van der Waals surface area contributed by atoms with Crippen LogP contribution in [0.2, 0.25) is 0 Å². The van der Waals surface area contributed by atoms with Crippen LogP contribution in [0.1, 0.15) is 12.8 Å². The maximum absolute atomic E-state index is 13.3. The van der Waals surface area contributed by atoms with Crippen LogP contribution >= 0.6 is 0 Å². The molecule has 2 aliphatic rings. The van der Waals surface area contributed by atoms with Crippen molar-refractivity contribution in [2.75, 3.05) is 37.6 Å². The highest BCUT2D eigenvalue weighted by Gasteiger charge is 2.32. The topological polar surface area (TPSA) is 32.5 Å². The van der Waals surface area contributed by atoms with Crippen LogP contribution in [0, 0.1) is 11.7 Å². The van der Waals surface area contributed by atoms with Crippen LogP contribution < -0.4 is 10.6 Å². The van der Waals surface area contributed by atoms with Gasteiger partial charge in [-0.3, -0.25) is 4.90 Å². The van der Waals surface area contributed by atoms with Crippen molar-refractivity contribution >= 4 is 5.69 Å². The van der Waals surface area contributed by atoms with Gasteiger partial charge in [-0.15, -0.1) is 0 Å². The molecule has 2 atom stereocenters. The van der Waals surface area contributed by atoms with E-state index in [9.17, 15) is 4.39 Å². The lowest BCUT2D eigenvalue weighted by Gasteiger charge is -2.25. The summed E-state index contributed by atoms with van der Waals surface area (Å²) in [4.78, 5) is 4.86. The third-order valence-electron chi connectivity index (χ3n) is 4.50. The number of anilines is 1. The van der Waals surface area contributed by atoms with Gasteiger partial charge in [0.05, 0.1) is 0 Å². The number of benzene rings is 1. The molecule has 2 fully saturated rings. The second kappa shape index (κ2) is 5.47. The van der Waals surface area contributed by atoms with Crippen LogP contribution in [0.5, 0.6) is 0 Å². The molecule has 104 valence electrons. The first-order valence-corrected chi connectivity index (χ1v) is 7.21. The van der Waals surface area contributed by atoms with E-state index in [-0.39, 0.29) is 5.82 Å². The van der Waals surface area contributed by atoms with Gasteiger partial charge in [-0.25, -0.2) is 4.39 Å². The molecule has 0 aliphatic carbocycles. The minimum absolute atomic E-state index is 0.148. The fourth-order valence-electron chi connectivity index (χ4n) is 3.33. The maximum atomic E-state index is 13.3. The zero-order valence-corrected chi connectivity index (χ0v) is 11.3. The summed E-state index contributed by atoms with van der Waals surface area (Å²) >= 11 is 0. The summed E-state index contributed by atoms with van der Waals surface area (Å²) < 4.78 is 13.3. The third-order valence-corrected chi connectivity index (χ3v) is 4.50. The first-order chi connectivity index (χ1) is 9.26. The standard InChI is InChI=1S/C15H22FN3/c16-13-2-1-3-14(8-13)19-7-5-15(11-19)18-6-4-12(9-17)10-18/h1-3,8,12,15H,4-7,9-11,17H2. The Kier molecular flexibility index (Phi) is 3.71. The Morgan fingerprint density at radius 1 is 1.21 bits per heavy atom. The summed E-state index contributed by atoms with van der Waals surface area (Å²) in [7, 11) is 0. The summed E-state index contributed by atoms with van der Waals surface area (Å²) in [5.41, 5.74) is 6.76. The van der Waals surface area contributed by atoms with Crippen molar-refractivity contribution in [1.29, 1.82) is 0 Å². The molecule has 2 saturated heterocycles. The van der Waals surface area contributed by atoms with Crippen molar-refractivity contribution in [3.05, 3.63) is 30.1 Å². The number of rotatable bonds is 3. The molecule has 0 saturated carbocycles. The molecule has 0 spiro atoms. The Bertz CT molecular complexity index is 437. The zero-order valence-electron chi connectivity index (χ0n) is 11.3. The highest BCUT2D eigenvalue weighted by atomic mass is 19.1. The van der Waals surface area contributed by atoms with Gasteiger partial charge >= 0.3 is 0 Å². The lowest BCUT2D eigenvalue weighted by Crippen LogP contribution is -2.36. The van der Waals surface area contributed by atoms with Gasteiger partial charge in [0.2, 0.25) is 0 Å². The Morgan fingerprint density at radius 3 is 2.84 bits per heavy atom. The lowest BCUT2D eigenvalue weighted by molar-refractivity contribution is 0.251. The molecule has 0 aromatic heterocycles. The molecule has 0 radical (unpaired) electrons. The molecular formula is C15H22FN3. The summed E-state index contributed by atoms with van der Waals surface area (Å²) in [5, 5.41) is 0. The predicted molar refractivity (Wildman–Crippen MR) is 75.8 cm³/mol. The minimum Gasteiger partial charge on any atom is -0.370 e. The van der Waals surface area contributed by atoms with E-state index in [2.05, 4.69) is 9.80 Å². The Morgan fingerprint density at radius 2 is 2.11 bits per heavy atom. The van der Waals surface area contributed by atoms with Crippen LogP contribution in [0.3, 0.4) is 0 Å². The molecule has 1 aromatic rings. The minimum atomic E-state index is -0.148. The van der Waals surface area contributed by atoms with Crippen LogP contribution in [0.15, 0.2) is 24.3 Å². The van der Waals surface area contributed by atoms with Gasteiger partial charge in [0.15, 0.2) is 0 Å². The predicted octanol–water partition coefficient (Wildman–Crippen LogP) is 1.68. The molecular weight excluding hydrogens is 241 g/mol. The zero-order chi connectivity index (χ0) is 13.2. The van der Waals surface area contributed by atoms with E-state index in [0.29, 0.717) is 12.0 Å². The van der Waals surface area contributed by atoms with E-state index < -0.39 is 0 Å².